The van der Waals surface area contributed by atoms with E-state index < -0.39 is 0 Å². The normalized spacial score (nSPS) is 12.3. The maximum atomic E-state index is 5.94. The predicted molar refractivity (Wildman–Crippen MR) is 120 cm³/mol. The third-order valence-corrected chi connectivity index (χ3v) is 4.15. The van der Waals surface area contributed by atoms with Crippen molar-refractivity contribution in [2.75, 3.05) is 13.6 Å². The zero-order valence-electron chi connectivity index (χ0n) is 16.8. The summed E-state index contributed by atoms with van der Waals surface area (Å²) in [5, 5.41) is 10.8. The summed E-state index contributed by atoms with van der Waals surface area (Å²) in [7, 11) is 1.76. The van der Waals surface area contributed by atoms with E-state index in [0.29, 0.717) is 13.1 Å². The van der Waals surface area contributed by atoms with E-state index in [-0.39, 0.29) is 30.1 Å². The van der Waals surface area contributed by atoms with Gasteiger partial charge in [-0.25, -0.2) is 0 Å². The molecule has 0 aliphatic carbocycles. The first-order chi connectivity index (χ1) is 12.6. The molecule has 2 rings (SSSR count). The molecule has 1 aromatic carbocycles. The van der Waals surface area contributed by atoms with Gasteiger partial charge in [0.15, 0.2) is 5.96 Å². The first-order valence-corrected chi connectivity index (χ1v) is 9.21. The van der Waals surface area contributed by atoms with Crippen LogP contribution in [0, 0.1) is 6.92 Å². The Kier molecular flexibility index (Phi) is 10.2. The standard InChI is InChI=1S/C20H30N4O2.HI/c1-6-18-17(19(7-2)26-24-18)13-23-20(21-5)22-12-15(4)25-16-10-8-9-14(3)11-16;/h8-11,15H,6-7,12-13H2,1-5H3,(H2,21,22,23);1H. The van der Waals surface area contributed by atoms with Crippen LogP contribution in [0.3, 0.4) is 0 Å². The van der Waals surface area contributed by atoms with Crippen molar-refractivity contribution in [3.05, 3.63) is 46.8 Å². The van der Waals surface area contributed by atoms with Crippen molar-refractivity contribution in [3.8, 4) is 5.75 Å². The van der Waals surface area contributed by atoms with Crippen LogP contribution in [-0.4, -0.2) is 30.8 Å². The van der Waals surface area contributed by atoms with Gasteiger partial charge in [-0.05, 0) is 38.0 Å². The van der Waals surface area contributed by atoms with Crippen molar-refractivity contribution in [1.29, 1.82) is 0 Å². The molecular weight excluding hydrogens is 455 g/mol. The molecule has 0 aliphatic heterocycles. The third-order valence-electron chi connectivity index (χ3n) is 4.15. The Morgan fingerprint density at radius 2 is 2.04 bits per heavy atom. The molecule has 0 radical (unpaired) electrons. The van der Waals surface area contributed by atoms with E-state index in [0.717, 1.165) is 41.6 Å². The lowest BCUT2D eigenvalue weighted by atomic mass is 10.1. The molecule has 0 saturated heterocycles. The van der Waals surface area contributed by atoms with Crippen molar-refractivity contribution in [2.24, 2.45) is 4.99 Å². The number of guanidine groups is 1. The molecule has 0 spiro atoms. The van der Waals surface area contributed by atoms with Crippen LogP contribution in [-0.2, 0) is 19.4 Å². The zero-order chi connectivity index (χ0) is 18.9. The molecule has 2 aromatic rings. The maximum absolute atomic E-state index is 5.94. The average molecular weight is 486 g/mol. The van der Waals surface area contributed by atoms with E-state index >= 15 is 0 Å². The van der Waals surface area contributed by atoms with E-state index in [9.17, 15) is 0 Å². The summed E-state index contributed by atoms with van der Waals surface area (Å²) in [6.45, 7) is 9.54. The van der Waals surface area contributed by atoms with E-state index in [4.69, 9.17) is 9.26 Å². The fourth-order valence-corrected chi connectivity index (χ4v) is 2.73. The molecule has 1 heterocycles. The van der Waals surface area contributed by atoms with Gasteiger partial charge in [0, 0.05) is 25.6 Å². The Bertz CT molecular complexity index is 709. The summed E-state index contributed by atoms with van der Waals surface area (Å²) < 4.78 is 11.3. The van der Waals surface area contributed by atoms with Gasteiger partial charge in [0.1, 0.15) is 17.6 Å². The van der Waals surface area contributed by atoms with Crippen molar-refractivity contribution < 1.29 is 9.26 Å². The number of halogens is 1. The van der Waals surface area contributed by atoms with Gasteiger partial charge in [0.2, 0.25) is 0 Å². The summed E-state index contributed by atoms with van der Waals surface area (Å²) in [6, 6.07) is 8.07. The number of ether oxygens (including phenoxy) is 1. The van der Waals surface area contributed by atoms with Crippen LogP contribution < -0.4 is 15.4 Å². The zero-order valence-corrected chi connectivity index (χ0v) is 19.2. The summed E-state index contributed by atoms with van der Waals surface area (Å²) in [5.74, 6) is 2.54. The van der Waals surface area contributed by atoms with Crippen molar-refractivity contribution in [1.82, 2.24) is 15.8 Å². The van der Waals surface area contributed by atoms with Crippen molar-refractivity contribution in [2.45, 2.75) is 53.2 Å². The van der Waals surface area contributed by atoms with Gasteiger partial charge in [0.05, 0.1) is 12.2 Å². The number of aliphatic imine (C=N–C) groups is 1. The summed E-state index contributed by atoms with van der Waals surface area (Å²) in [4.78, 5) is 4.28. The molecule has 1 atom stereocenters. The number of nitrogens with zero attached hydrogens (tertiary/aromatic N) is 2. The maximum Gasteiger partial charge on any atom is 0.191 e. The number of rotatable bonds is 8. The van der Waals surface area contributed by atoms with E-state index in [1.807, 2.05) is 25.1 Å². The Morgan fingerprint density at radius 3 is 2.67 bits per heavy atom. The lowest BCUT2D eigenvalue weighted by Crippen LogP contribution is -2.41. The SMILES string of the molecule is CCc1noc(CC)c1CNC(=NC)NCC(C)Oc1cccc(C)c1.I. The molecule has 1 aromatic heterocycles. The lowest BCUT2D eigenvalue weighted by Gasteiger charge is -2.18. The molecule has 0 bridgehead atoms. The van der Waals surface area contributed by atoms with Crippen LogP contribution in [0.2, 0.25) is 0 Å². The number of hydrogen-bond acceptors (Lipinski definition) is 4. The molecule has 7 heteroatoms. The molecule has 0 fully saturated rings. The van der Waals surface area contributed by atoms with Crippen molar-refractivity contribution >= 4 is 29.9 Å². The predicted octanol–water partition coefficient (Wildman–Crippen LogP) is 3.86. The van der Waals surface area contributed by atoms with E-state index in [2.05, 4.69) is 47.6 Å². The van der Waals surface area contributed by atoms with Crippen LogP contribution in [0.1, 0.15) is 43.4 Å². The number of aromatic nitrogens is 1. The van der Waals surface area contributed by atoms with Crippen molar-refractivity contribution in [3.63, 3.8) is 0 Å². The second-order valence-electron chi connectivity index (χ2n) is 6.29. The fraction of sp³-hybridized carbons (Fsp3) is 0.500. The Balaban J connectivity index is 0.00000364. The highest BCUT2D eigenvalue weighted by atomic mass is 127. The van der Waals surface area contributed by atoms with E-state index in [1.165, 1.54) is 5.56 Å². The van der Waals surface area contributed by atoms with Crippen LogP contribution in [0.15, 0.2) is 33.8 Å². The van der Waals surface area contributed by atoms with Gasteiger partial charge in [0.25, 0.3) is 0 Å². The Hall–Kier alpha value is -1.77. The topological polar surface area (TPSA) is 71.7 Å². The van der Waals surface area contributed by atoms with Gasteiger partial charge < -0.3 is 19.9 Å². The molecule has 150 valence electrons. The molecule has 0 saturated carbocycles. The molecule has 6 nitrogen and oxygen atoms in total. The van der Waals surface area contributed by atoms with Gasteiger partial charge in [-0.1, -0.05) is 31.1 Å². The van der Waals surface area contributed by atoms with E-state index in [1.54, 1.807) is 7.05 Å². The minimum Gasteiger partial charge on any atom is -0.489 e. The fourth-order valence-electron chi connectivity index (χ4n) is 2.73. The second kappa shape index (κ2) is 11.8. The number of benzene rings is 1. The molecular formula is C20H31IN4O2. The summed E-state index contributed by atoms with van der Waals surface area (Å²) >= 11 is 0. The highest BCUT2D eigenvalue weighted by Gasteiger charge is 2.14. The van der Waals surface area contributed by atoms with Gasteiger partial charge in [-0.3, -0.25) is 4.99 Å². The average Bonchev–Trinajstić information content (AvgIpc) is 3.04. The molecule has 0 aliphatic rings. The smallest absolute Gasteiger partial charge is 0.191 e. The highest BCUT2D eigenvalue weighted by Crippen LogP contribution is 2.15. The monoisotopic (exact) mass is 486 g/mol. The Labute approximate surface area is 179 Å². The number of aryl methyl sites for hydroxylation is 3. The van der Waals surface area contributed by atoms with Gasteiger partial charge >= 0.3 is 0 Å². The first kappa shape index (κ1) is 23.3. The molecule has 1 unspecified atom stereocenters. The summed E-state index contributed by atoms with van der Waals surface area (Å²) in [6.07, 6.45) is 1.70. The van der Waals surface area contributed by atoms with Crippen LogP contribution in [0.25, 0.3) is 0 Å². The van der Waals surface area contributed by atoms with Crippen LogP contribution >= 0.6 is 24.0 Å². The van der Waals surface area contributed by atoms with Crippen LogP contribution in [0.4, 0.5) is 0 Å². The minimum absolute atomic E-state index is 0. The Morgan fingerprint density at radius 1 is 1.26 bits per heavy atom. The lowest BCUT2D eigenvalue weighted by molar-refractivity contribution is 0.223. The molecule has 2 N–H and O–H groups in total. The highest BCUT2D eigenvalue weighted by molar-refractivity contribution is 14.0. The summed E-state index contributed by atoms with van der Waals surface area (Å²) in [5.41, 5.74) is 3.32. The molecule has 27 heavy (non-hydrogen) atoms. The second-order valence-corrected chi connectivity index (χ2v) is 6.29. The number of hydrogen-bond donors (Lipinski definition) is 2. The largest absolute Gasteiger partial charge is 0.489 e. The van der Waals surface area contributed by atoms with Crippen LogP contribution in [0.5, 0.6) is 5.75 Å². The number of nitrogens with one attached hydrogen (secondary N) is 2. The molecule has 0 amide bonds. The first-order valence-electron chi connectivity index (χ1n) is 9.21. The minimum atomic E-state index is 0. The van der Waals surface area contributed by atoms with Gasteiger partial charge in [-0.15, -0.1) is 24.0 Å². The quantitative estimate of drug-likeness (QED) is 0.337. The third kappa shape index (κ3) is 7.04. The van der Waals surface area contributed by atoms with Gasteiger partial charge in [-0.2, -0.15) is 0 Å².